The Morgan fingerprint density at radius 1 is 1.44 bits per heavy atom. The SMILES string of the molecule is Nc1cccc(OCC(=O)OCc2cncs2)c1. The molecule has 18 heavy (non-hydrogen) atoms. The molecule has 0 atom stereocenters. The van der Waals surface area contributed by atoms with Crippen molar-refractivity contribution >= 4 is 23.0 Å². The van der Waals surface area contributed by atoms with E-state index in [1.54, 1.807) is 36.0 Å². The van der Waals surface area contributed by atoms with Crippen molar-refractivity contribution in [2.45, 2.75) is 6.61 Å². The van der Waals surface area contributed by atoms with E-state index in [9.17, 15) is 4.79 Å². The van der Waals surface area contributed by atoms with Gasteiger partial charge in [0, 0.05) is 18.0 Å². The van der Waals surface area contributed by atoms with Crippen molar-refractivity contribution in [3.05, 3.63) is 40.8 Å². The van der Waals surface area contributed by atoms with Crippen LogP contribution in [0.1, 0.15) is 4.88 Å². The summed E-state index contributed by atoms with van der Waals surface area (Å²) in [6.07, 6.45) is 1.66. The Morgan fingerprint density at radius 3 is 3.06 bits per heavy atom. The fourth-order valence-corrected chi connectivity index (χ4v) is 1.76. The highest BCUT2D eigenvalue weighted by atomic mass is 32.1. The topological polar surface area (TPSA) is 74.4 Å². The van der Waals surface area contributed by atoms with Gasteiger partial charge in [0.2, 0.25) is 0 Å². The fraction of sp³-hybridized carbons (Fsp3) is 0.167. The second-order valence-corrected chi connectivity index (χ2v) is 4.46. The number of carbonyl (C=O) groups is 1. The van der Waals surface area contributed by atoms with Gasteiger partial charge < -0.3 is 15.2 Å². The third kappa shape index (κ3) is 3.74. The van der Waals surface area contributed by atoms with Crippen molar-refractivity contribution in [1.29, 1.82) is 0 Å². The molecule has 0 aliphatic rings. The van der Waals surface area contributed by atoms with E-state index in [0.717, 1.165) is 4.88 Å². The average molecular weight is 264 g/mol. The molecule has 0 aliphatic carbocycles. The van der Waals surface area contributed by atoms with Crippen LogP contribution in [0.4, 0.5) is 5.69 Å². The zero-order valence-corrected chi connectivity index (χ0v) is 10.4. The number of nitrogens with zero attached hydrogens (tertiary/aromatic N) is 1. The minimum Gasteiger partial charge on any atom is -0.482 e. The number of esters is 1. The number of anilines is 1. The maximum atomic E-state index is 11.4. The number of ether oxygens (including phenoxy) is 2. The molecule has 1 heterocycles. The van der Waals surface area contributed by atoms with Gasteiger partial charge in [-0.1, -0.05) is 6.07 Å². The van der Waals surface area contributed by atoms with E-state index in [1.165, 1.54) is 11.3 Å². The lowest BCUT2D eigenvalue weighted by Crippen LogP contribution is -2.14. The van der Waals surface area contributed by atoms with Gasteiger partial charge in [-0.2, -0.15) is 0 Å². The Labute approximate surface area is 108 Å². The Bertz CT molecular complexity index is 514. The molecule has 2 N–H and O–H groups in total. The highest BCUT2D eigenvalue weighted by molar-refractivity contribution is 7.09. The Morgan fingerprint density at radius 2 is 2.33 bits per heavy atom. The summed E-state index contributed by atoms with van der Waals surface area (Å²) in [6.45, 7) is 0.0893. The third-order valence-electron chi connectivity index (χ3n) is 2.07. The number of nitrogen functional groups attached to an aromatic ring is 1. The Kier molecular flexibility index (Phi) is 4.14. The summed E-state index contributed by atoms with van der Waals surface area (Å²) < 4.78 is 10.3. The molecule has 2 aromatic rings. The van der Waals surface area contributed by atoms with E-state index < -0.39 is 5.97 Å². The van der Waals surface area contributed by atoms with Gasteiger partial charge in [0.1, 0.15) is 12.4 Å². The first-order valence-electron chi connectivity index (χ1n) is 5.25. The van der Waals surface area contributed by atoms with Crippen molar-refractivity contribution in [2.75, 3.05) is 12.3 Å². The van der Waals surface area contributed by atoms with Crippen molar-refractivity contribution in [2.24, 2.45) is 0 Å². The molecule has 94 valence electrons. The molecule has 0 amide bonds. The molecule has 0 unspecified atom stereocenters. The highest BCUT2D eigenvalue weighted by Crippen LogP contribution is 2.14. The predicted molar refractivity (Wildman–Crippen MR) is 68.3 cm³/mol. The second kappa shape index (κ2) is 6.02. The van der Waals surface area contributed by atoms with Gasteiger partial charge in [-0.25, -0.2) is 4.79 Å². The van der Waals surface area contributed by atoms with E-state index in [0.29, 0.717) is 11.4 Å². The van der Waals surface area contributed by atoms with E-state index in [2.05, 4.69) is 4.98 Å². The zero-order chi connectivity index (χ0) is 12.8. The molecule has 0 spiro atoms. The van der Waals surface area contributed by atoms with Gasteiger partial charge in [0.25, 0.3) is 0 Å². The number of rotatable bonds is 5. The first-order valence-corrected chi connectivity index (χ1v) is 6.13. The molecule has 1 aromatic carbocycles. The van der Waals surface area contributed by atoms with Gasteiger partial charge in [-0.15, -0.1) is 11.3 Å². The van der Waals surface area contributed by atoms with Crippen LogP contribution in [0.3, 0.4) is 0 Å². The standard InChI is InChI=1S/C12H12N2O3S/c13-9-2-1-3-10(4-9)16-7-12(15)17-6-11-5-14-8-18-11/h1-5,8H,6-7,13H2. The molecule has 0 bridgehead atoms. The summed E-state index contributed by atoms with van der Waals surface area (Å²) in [5, 5.41) is 0. The van der Waals surface area contributed by atoms with Crippen LogP contribution < -0.4 is 10.5 Å². The summed E-state index contributed by atoms with van der Waals surface area (Å²) in [4.78, 5) is 16.2. The molecule has 0 saturated heterocycles. The van der Waals surface area contributed by atoms with Crippen LogP contribution in [0.25, 0.3) is 0 Å². The van der Waals surface area contributed by atoms with Crippen LogP contribution in [0.5, 0.6) is 5.75 Å². The molecule has 2 rings (SSSR count). The molecular weight excluding hydrogens is 252 g/mol. The van der Waals surface area contributed by atoms with Crippen molar-refractivity contribution in [3.8, 4) is 5.75 Å². The number of hydrogen-bond donors (Lipinski definition) is 1. The molecule has 0 fully saturated rings. The smallest absolute Gasteiger partial charge is 0.344 e. The maximum absolute atomic E-state index is 11.4. The van der Waals surface area contributed by atoms with E-state index in [1.807, 2.05) is 0 Å². The van der Waals surface area contributed by atoms with Gasteiger partial charge in [0.05, 0.1) is 10.4 Å². The van der Waals surface area contributed by atoms with Gasteiger partial charge in [-0.3, -0.25) is 4.98 Å². The summed E-state index contributed by atoms with van der Waals surface area (Å²) in [5.41, 5.74) is 7.86. The first-order chi connectivity index (χ1) is 8.74. The number of carbonyl (C=O) groups excluding carboxylic acids is 1. The monoisotopic (exact) mass is 264 g/mol. The Balaban J connectivity index is 1.75. The van der Waals surface area contributed by atoms with Gasteiger partial charge in [-0.05, 0) is 12.1 Å². The lowest BCUT2D eigenvalue weighted by Gasteiger charge is -2.06. The Hall–Kier alpha value is -2.08. The van der Waals surface area contributed by atoms with Crippen LogP contribution in [0.2, 0.25) is 0 Å². The van der Waals surface area contributed by atoms with Crippen LogP contribution in [0, 0.1) is 0 Å². The van der Waals surface area contributed by atoms with Crippen LogP contribution in [-0.2, 0) is 16.1 Å². The van der Waals surface area contributed by atoms with E-state index >= 15 is 0 Å². The third-order valence-corrected chi connectivity index (χ3v) is 2.83. The average Bonchev–Trinajstić information content (AvgIpc) is 2.87. The molecule has 0 saturated carbocycles. The predicted octanol–water partition coefficient (Wildman–Crippen LogP) is 1.85. The fourth-order valence-electron chi connectivity index (χ4n) is 1.25. The normalized spacial score (nSPS) is 10.0. The van der Waals surface area contributed by atoms with Crippen molar-refractivity contribution < 1.29 is 14.3 Å². The minimum atomic E-state index is -0.425. The van der Waals surface area contributed by atoms with E-state index in [-0.39, 0.29) is 13.2 Å². The number of benzene rings is 1. The summed E-state index contributed by atoms with van der Waals surface area (Å²) in [7, 11) is 0. The summed E-state index contributed by atoms with van der Waals surface area (Å²) in [5.74, 6) is 0.121. The van der Waals surface area contributed by atoms with Gasteiger partial charge in [0.15, 0.2) is 6.61 Å². The molecule has 0 radical (unpaired) electrons. The summed E-state index contributed by atoms with van der Waals surface area (Å²) >= 11 is 1.44. The molecule has 5 nitrogen and oxygen atoms in total. The van der Waals surface area contributed by atoms with Crippen LogP contribution >= 0.6 is 11.3 Å². The van der Waals surface area contributed by atoms with Gasteiger partial charge >= 0.3 is 5.97 Å². The highest BCUT2D eigenvalue weighted by Gasteiger charge is 2.05. The molecule has 6 heteroatoms. The number of aromatic nitrogens is 1. The minimum absolute atomic E-state index is 0.137. The van der Waals surface area contributed by atoms with Crippen molar-refractivity contribution in [3.63, 3.8) is 0 Å². The van der Waals surface area contributed by atoms with Crippen LogP contribution in [0.15, 0.2) is 36.0 Å². The maximum Gasteiger partial charge on any atom is 0.344 e. The van der Waals surface area contributed by atoms with E-state index in [4.69, 9.17) is 15.2 Å². The lowest BCUT2D eigenvalue weighted by atomic mass is 10.3. The molecule has 0 aliphatic heterocycles. The lowest BCUT2D eigenvalue weighted by molar-refractivity contribution is -0.147. The first kappa shape index (κ1) is 12.4. The molecular formula is C12H12N2O3S. The second-order valence-electron chi connectivity index (χ2n) is 3.49. The quantitative estimate of drug-likeness (QED) is 0.659. The number of nitrogens with two attached hydrogens (primary N) is 1. The zero-order valence-electron chi connectivity index (χ0n) is 9.54. The number of hydrogen-bond acceptors (Lipinski definition) is 6. The number of thiazole rings is 1. The largest absolute Gasteiger partial charge is 0.482 e. The van der Waals surface area contributed by atoms with Crippen LogP contribution in [-0.4, -0.2) is 17.6 Å². The molecule has 1 aromatic heterocycles. The van der Waals surface area contributed by atoms with Crippen molar-refractivity contribution in [1.82, 2.24) is 4.98 Å². The summed E-state index contributed by atoms with van der Waals surface area (Å²) in [6, 6.07) is 6.88.